The lowest BCUT2D eigenvalue weighted by Crippen LogP contribution is -1.91. The number of aromatic amines is 2. The highest BCUT2D eigenvalue weighted by Gasteiger charge is 2.07. The molecule has 3 aromatic heterocycles. The van der Waals surface area contributed by atoms with Crippen molar-refractivity contribution in [1.82, 2.24) is 25.4 Å². The van der Waals surface area contributed by atoms with Crippen LogP contribution >= 0.6 is 22.6 Å². The molecule has 0 aliphatic rings. The molecule has 5 nitrogen and oxygen atoms in total. The smallest absolute Gasteiger partial charge is 0.0899 e. The van der Waals surface area contributed by atoms with Gasteiger partial charge in [-0.05, 0) is 46.9 Å². The summed E-state index contributed by atoms with van der Waals surface area (Å²) in [6.45, 7) is 0. The van der Waals surface area contributed by atoms with Gasteiger partial charge in [-0.2, -0.15) is 10.2 Å². The summed E-state index contributed by atoms with van der Waals surface area (Å²) < 4.78 is 1.12. The number of nitrogens with one attached hydrogen (secondary N) is 2. The first-order valence-corrected chi connectivity index (χ1v) is 6.08. The van der Waals surface area contributed by atoms with Crippen LogP contribution in [0.25, 0.3) is 22.8 Å². The van der Waals surface area contributed by atoms with Gasteiger partial charge in [0, 0.05) is 16.0 Å². The maximum atomic E-state index is 4.57. The molecule has 0 aliphatic carbocycles. The Balaban J connectivity index is 2.13. The van der Waals surface area contributed by atoms with Gasteiger partial charge in [-0.3, -0.25) is 10.2 Å². The molecule has 0 atom stereocenters. The molecule has 0 unspecified atom stereocenters. The quantitative estimate of drug-likeness (QED) is 0.706. The molecular formula is C11H8IN5. The van der Waals surface area contributed by atoms with Gasteiger partial charge < -0.3 is 0 Å². The van der Waals surface area contributed by atoms with Crippen LogP contribution in [-0.4, -0.2) is 25.4 Å². The van der Waals surface area contributed by atoms with Gasteiger partial charge in [-0.15, -0.1) is 0 Å². The van der Waals surface area contributed by atoms with Crippen molar-refractivity contribution < 1.29 is 0 Å². The predicted octanol–water partition coefficient (Wildman–Crippen LogP) is 2.47. The van der Waals surface area contributed by atoms with Gasteiger partial charge in [-0.25, -0.2) is 4.98 Å². The Hall–Kier alpha value is -1.70. The second kappa shape index (κ2) is 4.28. The molecule has 0 spiro atoms. The number of nitrogens with zero attached hydrogens (tertiary/aromatic N) is 3. The molecule has 17 heavy (non-hydrogen) atoms. The summed E-state index contributed by atoms with van der Waals surface area (Å²) in [6.07, 6.45) is 3.43. The molecule has 0 amide bonds. The molecule has 3 rings (SSSR count). The maximum Gasteiger partial charge on any atom is 0.0899 e. The van der Waals surface area contributed by atoms with Crippen molar-refractivity contribution in [3.63, 3.8) is 0 Å². The second-order valence-electron chi connectivity index (χ2n) is 3.50. The normalized spacial score (nSPS) is 10.6. The average molecular weight is 337 g/mol. The molecule has 0 aliphatic heterocycles. The number of H-pyrrole nitrogens is 2. The summed E-state index contributed by atoms with van der Waals surface area (Å²) in [6, 6.07) is 7.81. The first kappa shape index (κ1) is 10.5. The first-order valence-electron chi connectivity index (χ1n) is 5.00. The number of aromatic nitrogens is 5. The van der Waals surface area contributed by atoms with Crippen LogP contribution in [-0.2, 0) is 0 Å². The number of pyridine rings is 1. The Morgan fingerprint density at radius 1 is 0.882 bits per heavy atom. The molecule has 84 valence electrons. The molecule has 6 heteroatoms. The van der Waals surface area contributed by atoms with E-state index >= 15 is 0 Å². The van der Waals surface area contributed by atoms with E-state index in [0.29, 0.717) is 0 Å². The molecule has 3 heterocycles. The molecule has 2 N–H and O–H groups in total. The maximum absolute atomic E-state index is 4.57. The summed E-state index contributed by atoms with van der Waals surface area (Å²) in [4.78, 5) is 4.57. The van der Waals surface area contributed by atoms with E-state index in [1.54, 1.807) is 12.4 Å². The highest BCUT2D eigenvalue weighted by Crippen LogP contribution is 2.22. The lowest BCUT2D eigenvalue weighted by molar-refractivity contribution is 1.07. The molecule has 0 fully saturated rings. The third-order valence-electron chi connectivity index (χ3n) is 2.34. The molecular weight excluding hydrogens is 329 g/mol. The highest BCUT2D eigenvalue weighted by atomic mass is 127. The van der Waals surface area contributed by atoms with Crippen molar-refractivity contribution in [2.45, 2.75) is 0 Å². The van der Waals surface area contributed by atoms with Gasteiger partial charge >= 0.3 is 0 Å². The van der Waals surface area contributed by atoms with Crippen molar-refractivity contribution in [2.24, 2.45) is 0 Å². The van der Waals surface area contributed by atoms with Crippen LogP contribution in [0.5, 0.6) is 0 Å². The minimum Gasteiger partial charge on any atom is -0.276 e. The lowest BCUT2D eigenvalue weighted by atomic mass is 10.2. The Morgan fingerprint density at radius 3 is 1.82 bits per heavy atom. The van der Waals surface area contributed by atoms with E-state index < -0.39 is 0 Å². The second-order valence-corrected chi connectivity index (χ2v) is 4.74. The van der Waals surface area contributed by atoms with Crippen molar-refractivity contribution >= 4 is 22.6 Å². The third kappa shape index (κ3) is 2.07. The Kier molecular flexibility index (Phi) is 2.63. The van der Waals surface area contributed by atoms with Gasteiger partial charge in [0.15, 0.2) is 0 Å². The summed E-state index contributed by atoms with van der Waals surface area (Å²) in [5.41, 5.74) is 3.56. The lowest BCUT2D eigenvalue weighted by Gasteiger charge is -2.02. The van der Waals surface area contributed by atoms with Crippen molar-refractivity contribution in [2.75, 3.05) is 0 Å². The number of halogens is 1. The van der Waals surface area contributed by atoms with Crippen molar-refractivity contribution in [3.8, 4) is 22.8 Å². The van der Waals surface area contributed by atoms with E-state index in [0.717, 1.165) is 26.3 Å². The van der Waals surface area contributed by atoms with E-state index in [1.807, 2.05) is 24.3 Å². The number of hydrogen-bond acceptors (Lipinski definition) is 3. The van der Waals surface area contributed by atoms with Gasteiger partial charge in [-0.1, -0.05) is 0 Å². The van der Waals surface area contributed by atoms with Crippen LogP contribution in [0.1, 0.15) is 0 Å². The Morgan fingerprint density at radius 2 is 1.41 bits per heavy atom. The molecule has 0 bridgehead atoms. The fourth-order valence-corrected chi connectivity index (χ4v) is 2.16. The van der Waals surface area contributed by atoms with Crippen LogP contribution in [0.15, 0.2) is 36.7 Å². The highest BCUT2D eigenvalue weighted by molar-refractivity contribution is 14.1. The van der Waals surface area contributed by atoms with Gasteiger partial charge in [0.25, 0.3) is 0 Å². The molecule has 0 saturated heterocycles. The summed E-state index contributed by atoms with van der Waals surface area (Å²) >= 11 is 2.27. The monoisotopic (exact) mass is 337 g/mol. The zero-order chi connectivity index (χ0) is 11.7. The van der Waals surface area contributed by atoms with Crippen LogP contribution in [0.2, 0.25) is 0 Å². The average Bonchev–Trinajstić information content (AvgIpc) is 3.02. The minimum absolute atomic E-state index is 0.874. The molecule has 0 aromatic carbocycles. The SMILES string of the molecule is Ic1cc(-c2ccn[nH]2)nc(-c2ccn[nH]2)c1. The summed E-state index contributed by atoms with van der Waals surface area (Å²) in [5, 5.41) is 13.7. The van der Waals surface area contributed by atoms with E-state index in [2.05, 4.69) is 48.0 Å². The summed E-state index contributed by atoms with van der Waals surface area (Å²) in [5.74, 6) is 0. The van der Waals surface area contributed by atoms with Crippen LogP contribution in [0.4, 0.5) is 0 Å². The zero-order valence-corrected chi connectivity index (χ0v) is 10.8. The van der Waals surface area contributed by atoms with Gasteiger partial charge in [0.05, 0.1) is 22.8 Å². The molecule has 3 aromatic rings. The third-order valence-corrected chi connectivity index (χ3v) is 2.97. The fraction of sp³-hybridized carbons (Fsp3) is 0. The van der Waals surface area contributed by atoms with E-state index in [1.165, 1.54) is 0 Å². The van der Waals surface area contributed by atoms with Crippen LogP contribution in [0.3, 0.4) is 0 Å². The topological polar surface area (TPSA) is 70.2 Å². The van der Waals surface area contributed by atoms with E-state index in [4.69, 9.17) is 0 Å². The van der Waals surface area contributed by atoms with E-state index in [9.17, 15) is 0 Å². The Labute approximate surface area is 111 Å². The first-order chi connectivity index (χ1) is 8.33. The van der Waals surface area contributed by atoms with Crippen LogP contribution < -0.4 is 0 Å². The number of hydrogen-bond donors (Lipinski definition) is 2. The number of rotatable bonds is 2. The van der Waals surface area contributed by atoms with E-state index in [-0.39, 0.29) is 0 Å². The molecule has 0 saturated carbocycles. The largest absolute Gasteiger partial charge is 0.276 e. The van der Waals surface area contributed by atoms with Crippen LogP contribution in [0, 0.1) is 3.57 Å². The predicted molar refractivity (Wildman–Crippen MR) is 72.1 cm³/mol. The van der Waals surface area contributed by atoms with Crippen molar-refractivity contribution in [1.29, 1.82) is 0 Å². The zero-order valence-electron chi connectivity index (χ0n) is 8.68. The van der Waals surface area contributed by atoms with Gasteiger partial charge in [0.2, 0.25) is 0 Å². The minimum atomic E-state index is 0.874. The fourth-order valence-electron chi connectivity index (χ4n) is 1.57. The summed E-state index contributed by atoms with van der Waals surface area (Å²) in [7, 11) is 0. The standard InChI is InChI=1S/C11H8IN5/c12-7-5-10(8-1-3-13-16-8)15-11(6-7)9-2-4-14-17-9/h1-6H,(H,13,16)(H,14,17). The van der Waals surface area contributed by atoms with Gasteiger partial charge in [0.1, 0.15) is 0 Å². The Bertz CT molecular complexity index is 563. The van der Waals surface area contributed by atoms with Crippen molar-refractivity contribution in [3.05, 3.63) is 40.2 Å². The molecule has 0 radical (unpaired) electrons.